The first-order valence-corrected chi connectivity index (χ1v) is 9.58. The summed E-state index contributed by atoms with van der Waals surface area (Å²) in [4.78, 5) is 21.9. The van der Waals surface area contributed by atoms with E-state index in [9.17, 15) is 9.59 Å². The molecule has 0 unspecified atom stereocenters. The molecule has 0 atom stereocenters. The Bertz CT molecular complexity index is 291. The van der Waals surface area contributed by atoms with Gasteiger partial charge in [0.1, 0.15) is 5.78 Å². The van der Waals surface area contributed by atoms with Crippen LogP contribution in [0.15, 0.2) is 0 Å². The maximum atomic E-state index is 11.5. The zero-order valence-electron chi connectivity index (χ0n) is 13.4. The minimum absolute atomic E-state index is 0.00565. The molecular weight excluding hydrogens is 292 g/mol. The quantitative estimate of drug-likeness (QED) is 0.391. The Labute approximate surface area is 128 Å². The van der Waals surface area contributed by atoms with E-state index in [2.05, 4.69) is 0 Å². The summed E-state index contributed by atoms with van der Waals surface area (Å²) in [5.41, 5.74) is 0. The molecule has 0 rings (SSSR count). The highest BCUT2D eigenvalue weighted by atomic mass is 28.4. The molecule has 0 aliphatic heterocycles. The highest BCUT2D eigenvalue weighted by molar-refractivity contribution is 6.60. The fourth-order valence-corrected chi connectivity index (χ4v) is 4.72. The Morgan fingerprint density at radius 3 is 1.81 bits per heavy atom. The summed E-state index contributed by atoms with van der Waals surface area (Å²) in [6.07, 6.45) is 1.92. The van der Waals surface area contributed by atoms with Crippen LogP contribution in [0.4, 0.5) is 0 Å². The van der Waals surface area contributed by atoms with Crippen LogP contribution in [-0.2, 0) is 22.9 Å². The molecule has 0 aromatic heterocycles. The number of carbonyl (C=O) groups is 2. The predicted molar refractivity (Wildman–Crippen MR) is 81.2 cm³/mol. The lowest BCUT2D eigenvalue weighted by atomic mass is 10.1. The lowest BCUT2D eigenvalue weighted by Gasteiger charge is -2.28. The fraction of sp³-hybridized carbons (Fsp3) is 0.857. The summed E-state index contributed by atoms with van der Waals surface area (Å²) < 4.78 is 17.2. The second kappa shape index (κ2) is 11.8. The SMILES string of the molecule is CCO[Si](CCCCC(=O)CCC(=O)O)(OCC)OCC. The van der Waals surface area contributed by atoms with Gasteiger partial charge in [-0.15, -0.1) is 0 Å². The number of hydrogen-bond donors (Lipinski definition) is 1. The van der Waals surface area contributed by atoms with Crippen molar-refractivity contribution in [3.05, 3.63) is 0 Å². The van der Waals surface area contributed by atoms with Crippen molar-refractivity contribution in [2.45, 2.75) is 58.9 Å². The van der Waals surface area contributed by atoms with Crippen molar-refractivity contribution < 1.29 is 28.0 Å². The van der Waals surface area contributed by atoms with Crippen LogP contribution in [-0.4, -0.2) is 45.5 Å². The van der Waals surface area contributed by atoms with E-state index in [1.54, 1.807) is 0 Å². The molecule has 0 saturated carbocycles. The Morgan fingerprint density at radius 2 is 1.38 bits per heavy atom. The maximum Gasteiger partial charge on any atom is 0.500 e. The molecular formula is C14H28O6Si. The minimum Gasteiger partial charge on any atom is -0.481 e. The van der Waals surface area contributed by atoms with Gasteiger partial charge in [0.15, 0.2) is 0 Å². The third-order valence-electron chi connectivity index (χ3n) is 2.90. The topological polar surface area (TPSA) is 82.1 Å². The van der Waals surface area contributed by atoms with Crippen LogP contribution in [0, 0.1) is 0 Å². The molecule has 0 aliphatic carbocycles. The molecule has 0 spiro atoms. The average Bonchev–Trinajstić information content (AvgIpc) is 2.42. The molecule has 0 aliphatic rings. The van der Waals surface area contributed by atoms with Gasteiger partial charge in [-0.2, -0.15) is 0 Å². The third kappa shape index (κ3) is 9.73. The van der Waals surface area contributed by atoms with E-state index >= 15 is 0 Å². The van der Waals surface area contributed by atoms with E-state index in [0.717, 1.165) is 6.42 Å². The van der Waals surface area contributed by atoms with Gasteiger partial charge in [-0.1, -0.05) is 0 Å². The van der Waals surface area contributed by atoms with Crippen LogP contribution in [0.1, 0.15) is 52.9 Å². The number of ketones is 1. The van der Waals surface area contributed by atoms with Crippen LogP contribution < -0.4 is 0 Å². The van der Waals surface area contributed by atoms with Crippen LogP contribution in [0.2, 0.25) is 6.04 Å². The number of aliphatic carboxylic acids is 1. The van der Waals surface area contributed by atoms with Crippen LogP contribution in [0.25, 0.3) is 0 Å². The summed E-state index contributed by atoms with van der Waals surface area (Å²) in [7, 11) is -2.61. The van der Waals surface area contributed by atoms with Gasteiger partial charge in [0.25, 0.3) is 0 Å². The Kier molecular flexibility index (Phi) is 11.4. The number of carbonyl (C=O) groups excluding carboxylic acids is 1. The van der Waals surface area contributed by atoms with Crippen molar-refractivity contribution in [1.29, 1.82) is 0 Å². The van der Waals surface area contributed by atoms with Crippen LogP contribution >= 0.6 is 0 Å². The lowest BCUT2D eigenvalue weighted by molar-refractivity contribution is -0.138. The Morgan fingerprint density at radius 1 is 0.857 bits per heavy atom. The molecule has 0 bridgehead atoms. The number of carboxylic acids is 1. The molecule has 0 aromatic carbocycles. The van der Waals surface area contributed by atoms with Gasteiger partial charge in [-0.3, -0.25) is 9.59 Å². The molecule has 0 amide bonds. The number of unbranched alkanes of at least 4 members (excludes halogenated alkanes) is 1. The molecule has 0 saturated heterocycles. The van der Waals surface area contributed by atoms with E-state index in [-0.39, 0.29) is 18.6 Å². The third-order valence-corrected chi connectivity index (χ3v) is 6.05. The van der Waals surface area contributed by atoms with E-state index in [1.165, 1.54) is 0 Å². The van der Waals surface area contributed by atoms with Crippen molar-refractivity contribution in [2.75, 3.05) is 19.8 Å². The summed E-state index contributed by atoms with van der Waals surface area (Å²) in [6.45, 7) is 7.37. The first-order valence-electron chi connectivity index (χ1n) is 7.65. The number of hydrogen-bond acceptors (Lipinski definition) is 5. The molecule has 21 heavy (non-hydrogen) atoms. The van der Waals surface area contributed by atoms with Gasteiger partial charge < -0.3 is 18.4 Å². The molecule has 0 radical (unpaired) electrons. The van der Waals surface area contributed by atoms with E-state index in [0.29, 0.717) is 38.7 Å². The molecule has 7 heteroatoms. The minimum atomic E-state index is -2.61. The number of Topliss-reactive ketones (excluding diaryl/α,β-unsaturated/α-hetero) is 1. The van der Waals surface area contributed by atoms with Gasteiger partial charge in [-0.25, -0.2) is 0 Å². The standard InChI is InChI=1S/C14H28O6Si/c1-4-18-21(19-5-2,20-6-3)12-8-7-9-13(15)10-11-14(16)17/h4-12H2,1-3H3,(H,16,17). The second-order valence-corrected chi connectivity index (χ2v) is 7.35. The lowest BCUT2D eigenvalue weighted by Crippen LogP contribution is -2.45. The monoisotopic (exact) mass is 320 g/mol. The Balaban J connectivity index is 4.11. The van der Waals surface area contributed by atoms with Crippen molar-refractivity contribution >= 4 is 20.6 Å². The van der Waals surface area contributed by atoms with E-state index in [4.69, 9.17) is 18.4 Å². The van der Waals surface area contributed by atoms with Gasteiger partial charge >= 0.3 is 14.8 Å². The molecule has 124 valence electrons. The van der Waals surface area contributed by atoms with E-state index < -0.39 is 14.8 Å². The van der Waals surface area contributed by atoms with E-state index in [1.807, 2.05) is 20.8 Å². The largest absolute Gasteiger partial charge is 0.500 e. The summed E-state index contributed by atoms with van der Waals surface area (Å²) in [5, 5.41) is 8.52. The van der Waals surface area contributed by atoms with Gasteiger partial charge in [0.2, 0.25) is 0 Å². The van der Waals surface area contributed by atoms with Gasteiger partial charge in [0, 0.05) is 38.7 Å². The van der Waals surface area contributed by atoms with Crippen molar-refractivity contribution in [3.8, 4) is 0 Å². The summed E-state index contributed by atoms with van der Waals surface area (Å²) in [6, 6.07) is 0.689. The smallest absolute Gasteiger partial charge is 0.481 e. The molecule has 0 fully saturated rings. The summed E-state index contributed by atoms with van der Waals surface area (Å²) in [5.74, 6) is -0.937. The first kappa shape index (κ1) is 20.2. The van der Waals surface area contributed by atoms with Crippen LogP contribution in [0.5, 0.6) is 0 Å². The molecule has 0 heterocycles. The second-order valence-electron chi connectivity index (χ2n) is 4.62. The normalized spacial score (nSPS) is 11.6. The molecule has 0 aromatic rings. The zero-order valence-corrected chi connectivity index (χ0v) is 14.4. The molecule has 1 N–H and O–H groups in total. The van der Waals surface area contributed by atoms with Crippen LogP contribution in [0.3, 0.4) is 0 Å². The summed E-state index contributed by atoms with van der Waals surface area (Å²) >= 11 is 0. The van der Waals surface area contributed by atoms with Crippen molar-refractivity contribution in [2.24, 2.45) is 0 Å². The first-order chi connectivity index (χ1) is 9.99. The zero-order chi connectivity index (χ0) is 16.1. The predicted octanol–water partition coefficient (Wildman–Crippen LogP) is 2.64. The number of rotatable bonds is 14. The average molecular weight is 320 g/mol. The van der Waals surface area contributed by atoms with Gasteiger partial charge in [-0.05, 0) is 33.6 Å². The molecule has 6 nitrogen and oxygen atoms in total. The maximum absolute atomic E-state index is 11.5. The highest BCUT2D eigenvalue weighted by Crippen LogP contribution is 2.20. The fourth-order valence-electron chi connectivity index (χ4n) is 2.04. The van der Waals surface area contributed by atoms with Crippen molar-refractivity contribution in [1.82, 2.24) is 0 Å². The highest BCUT2D eigenvalue weighted by Gasteiger charge is 2.39. The number of carboxylic acid groups (broad SMARTS) is 1. The Hall–Kier alpha value is -0.763. The van der Waals surface area contributed by atoms with Crippen molar-refractivity contribution in [3.63, 3.8) is 0 Å². The van der Waals surface area contributed by atoms with Gasteiger partial charge in [0.05, 0.1) is 6.42 Å².